The van der Waals surface area contributed by atoms with Crippen LogP contribution in [0.1, 0.15) is 22.0 Å². The van der Waals surface area contributed by atoms with Crippen LogP contribution in [-0.4, -0.2) is 32.0 Å². The maximum absolute atomic E-state index is 14.2. The molecule has 2 heterocycles. The highest BCUT2D eigenvalue weighted by Gasteiger charge is 2.34. The molecule has 0 aliphatic rings. The monoisotopic (exact) mass is 558 g/mol. The van der Waals surface area contributed by atoms with Gasteiger partial charge >= 0.3 is 0 Å². The topological polar surface area (TPSA) is 93.0 Å². The van der Waals surface area contributed by atoms with Gasteiger partial charge in [0, 0.05) is 17.1 Å². The average Bonchev–Trinajstić information content (AvgIpc) is 3.64. The molecule has 2 aromatic heterocycles. The minimum atomic E-state index is -1.01. The molecule has 0 fully saturated rings. The van der Waals surface area contributed by atoms with Crippen LogP contribution < -0.4 is 10.2 Å². The Morgan fingerprint density at radius 2 is 1.80 bits per heavy atom. The maximum Gasteiger partial charge on any atom is 0.251 e. The zero-order valence-electron chi connectivity index (χ0n) is 21.4. The summed E-state index contributed by atoms with van der Waals surface area (Å²) in [6.07, 6.45) is 0. The maximum atomic E-state index is 14.2. The molecule has 1 unspecified atom stereocenters. The highest BCUT2D eigenvalue weighted by molar-refractivity contribution is 7.10. The van der Waals surface area contributed by atoms with Crippen LogP contribution in [0.5, 0.6) is 0 Å². The molecule has 1 N–H and O–H groups in total. The van der Waals surface area contributed by atoms with Gasteiger partial charge in [0.25, 0.3) is 5.91 Å². The standard InChI is InChI=1S/C29H24F2N6O2S/c1-19-6-4-7-22(16-19)37(26(38)18-36-34-28(33-35-36)23-8-2-3-9-24(23)31)27(25-10-5-15-40-25)29(39)32-17-20-11-13-21(30)14-12-20/h2-16,27H,17-18H2,1H3,(H,32,39). The SMILES string of the molecule is Cc1cccc(N(C(=O)Cn2nnc(-c3ccccc3F)n2)C(C(=O)NCc2ccc(F)cc2)c2cccs2)c1. The third-order valence-corrected chi connectivity index (χ3v) is 7.02. The fraction of sp³-hybridized carbons (Fsp3) is 0.138. The van der Waals surface area contributed by atoms with E-state index in [0.29, 0.717) is 16.1 Å². The van der Waals surface area contributed by atoms with E-state index in [1.165, 1.54) is 40.5 Å². The van der Waals surface area contributed by atoms with Gasteiger partial charge in [-0.05, 0) is 71.1 Å². The van der Waals surface area contributed by atoms with E-state index in [1.54, 1.807) is 48.5 Å². The number of amides is 2. The van der Waals surface area contributed by atoms with E-state index in [2.05, 4.69) is 20.7 Å². The van der Waals surface area contributed by atoms with Gasteiger partial charge in [0.2, 0.25) is 11.7 Å². The highest BCUT2D eigenvalue weighted by atomic mass is 32.1. The summed E-state index contributed by atoms with van der Waals surface area (Å²) in [6, 6.07) is 21.7. The van der Waals surface area contributed by atoms with Crippen molar-refractivity contribution in [1.29, 1.82) is 0 Å². The minimum absolute atomic E-state index is 0.0415. The molecule has 0 saturated carbocycles. The van der Waals surface area contributed by atoms with E-state index in [9.17, 15) is 18.4 Å². The fourth-order valence-corrected chi connectivity index (χ4v) is 4.99. The molecule has 0 aliphatic heterocycles. The van der Waals surface area contributed by atoms with Gasteiger partial charge < -0.3 is 5.32 Å². The van der Waals surface area contributed by atoms with Crippen molar-refractivity contribution in [2.45, 2.75) is 26.1 Å². The van der Waals surface area contributed by atoms with E-state index < -0.39 is 23.7 Å². The Labute approximate surface area is 232 Å². The summed E-state index contributed by atoms with van der Waals surface area (Å²) in [5, 5.41) is 16.8. The van der Waals surface area contributed by atoms with Gasteiger partial charge in [-0.1, -0.05) is 42.5 Å². The van der Waals surface area contributed by atoms with E-state index in [0.717, 1.165) is 10.4 Å². The number of aryl methyl sites for hydroxylation is 1. The van der Waals surface area contributed by atoms with Crippen LogP contribution in [0.3, 0.4) is 0 Å². The lowest BCUT2D eigenvalue weighted by atomic mass is 10.1. The zero-order valence-corrected chi connectivity index (χ0v) is 22.2. The number of nitrogens with one attached hydrogen (secondary N) is 1. The smallest absolute Gasteiger partial charge is 0.251 e. The summed E-state index contributed by atoms with van der Waals surface area (Å²) in [4.78, 5) is 30.7. The van der Waals surface area contributed by atoms with Crippen molar-refractivity contribution >= 4 is 28.8 Å². The number of carbonyl (C=O) groups is 2. The van der Waals surface area contributed by atoms with Gasteiger partial charge in [-0.15, -0.1) is 21.5 Å². The van der Waals surface area contributed by atoms with Crippen LogP contribution in [0.4, 0.5) is 14.5 Å². The molecule has 1 atom stereocenters. The van der Waals surface area contributed by atoms with Crippen LogP contribution in [0.2, 0.25) is 0 Å². The summed E-state index contributed by atoms with van der Waals surface area (Å²) in [6.45, 7) is 1.69. The first-order chi connectivity index (χ1) is 19.4. The molecule has 40 heavy (non-hydrogen) atoms. The summed E-state index contributed by atoms with van der Waals surface area (Å²) in [5.41, 5.74) is 2.27. The van der Waals surface area contributed by atoms with E-state index >= 15 is 0 Å². The molecule has 0 spiro atoms. The van der Waals surface area contributed by atoms with E-state index in [4.69, 9.17) is 0 Å². The van der Waals surface area contributed by atoms with Gasteiger partial charge in [-0.2, -0.15) is 4.80 Å². The van der Waals surface area contributed by atoms with Crippen LogP contribution in [0.15, 0.2) is 90.3 Å². The molecule has 0 aliphatic carbocycles. The molecule has 11 heteroatoms. The van der Waals surface area contributed by atoms with Gasteiger partial charge in [0.1, 0.15) is 24.2 Å². The lowest BCUT2D eigenvalue weighted by Crippen LogP contribution is -2.45. The number of hydrogen-bond acceptors (Lipinski definition) is 6. The van der Waals surface area contributed by atoms with Crippen LogP contribution in [0.25, 0.3) is 11.4 Å². The van der Waals surface area contributed by atoms with Crippen molar-refractivity contribution < 1.29 is 18.4 Å². The summed E-state index contributed by atoms with van der Waals surface area (Å²) in [7, 11) is 0. The molecule has 0 radical (unpaired) electrons. The Morgan fingerprint density at radius 3 is 2.52 bits per heavy atom. The first-order valence-corrected chi connectivity index (χ1v) is 13.2. The van der Waals surface area contributed by atoms with Crippen molar-refractivity contribution in [3.05, 3.63) is 118 Å². The van der Waals surface area contributed by atoms with Gasteiger partial charge in [0.15, 0.2) is 0 Å². The predicted molar refractivity (Wildman–Crippen MR) is 147 cm³/mol. The van der Waals surface area contributed by atoms with Crippen LogP contribution in [0, 0.1) is 18.6 Å². The molecular weight excluding hydrogens is 534 g/mol. The van der Waals surface area contributed by atoms with Crippen molar-refractivity contribution in [3.63, 3.8) is 0 Å². The molecule has 202 valence electrons. The lowest BCUT2D eigenvalue weighted by Gasteiger charge is -2.30. The summed E-state index contributed by atoms with van der Waals surface area (Å²) >= 11 is 1.34. The zero-order chi connectivity index (χ0) is 28.1. The summed E-state index contributed by atoms with van der Waals surface area (Å²) in [5.74, 6) is -1.73. The second kappa shape index (κ2) is 12.0. The second-order valence-electron chi connectivity index (χ2n) is 8.99. The van der Waals surface area contributed by atoms with Gasteiger partial charge in [-0.25, -0.2) is 8.78 Å². The number of rotatable bonds is 9. The molecule has 5 aromatic rings. The van der Waals surface area contributed by atoms with Crippen molar-refractivity contribution in [2.24, 2.45) is 0 Å². The van der Waals surface area contributed by atoms with Crippen molar-refractivity contribution in [1.82, 2.24) is 25.5 Å². The fourth-order valence-electron chi connectivity index (χ4n) is 4.18. The Morgan fingerprint density at radius 1 is 1.00 bits per heavy atom. The van der Waals surface area contributed by atoms with E-state index in [-0.39, 0.29) is 30.3 Å². The number of benzene rings is 3. The molecule has 2 amide bonds. The first kappa shape index (κ1) is 26.8. The molecule has 5 rings (SSSR count). The van der Waals surface area contributed by atoms with Crippen LogP contribution >= 0.6 is 11.3 Å². The number of aromatic nitrogens is 4. The molecule has 3 aromatic carbocycles. The number of tetrazole rings is 1. The van der Waals surface area contributed by atoms with E-state index in [1.807, 2.05) is 24.4 Å². The number of halogens is 2. The first-order valence-electron chi connectivity index (χ1n) is 12.4. The minimum Gasteiger partial charge on any atom is -0.350 e. The Hall–Kier alpha value is -4.77. The Balaban J connectivity index is 1.46. The quantitative estimate of drug-likeness (QED) is 0.272. The lowest BCUT2D eigenvalue weighted by molar-refractivity contribution is -0.127. The summed E-state index contributed by atoms with van der Waals surface area (Å²) < 4.78 is 27.6. The normalized spacial score (nSPS) is 11.7. The van der Waals surface area contributed by atoms with Crippen molar-refractivity contribution in [2.75, 3.05) is 4.90 Å². The third-order valence-electron chi connectivity index (χ3n) is 6.09. The number of carbonyl (C=O) groups excluding carboxylic acids is 2. The highest BCUT2D eigenvalue weighted by Crippen LogP contribution is 2.31. The van der Waals surface area contributed by atoms with Crippen LogP contribution in [-0.2, 0) is 22.7 Å². The third kappa shape index (κ3) is 6.10. The molecular formula is C29H24F2N6O2S. The number of hydrogen-bond donors (Lipinski definition) is 1. The number of thiophene rings is 1. The second-order valence-corrected chi connectivity index (χ2v) is 9.97. The predicted octanol–water partition coefficient (Wildman–Crippen LogP) is 5.08. The molecule has 0 bridgehead atoms. The molecule has 0 saturated heterocycles. The number of anilines is 1. The molecule has 8 nitrogen and oxygen atoms in total. The number of nitrogens with zero attached hydrogens (tertiary/aromatic N) is 5. The average molecular weight is 559 g/mol. The van der Waals surface area contributed by atoms with Crippen molar-refractivity contribution in [3.8, 4) is 11.4 Å². The van der Waals surface area contributed by atoms with Gasteiger partial charge in [0.05, 0.1) is 5.56 Å². The van der Waals surface area contributed by atoms with Gasteiger partial charge in [-0.3, -0.25) is 14.5 Å². The largest absolute Gasteiger partial charge is 0.350 e. The Bertz CT molecular complexity index is 1620. The Kier molecular flexibility index (Phi) is 8.02.